The Morgan fingerprint density at radius 3 is 3.00 bits per heavy atom. The molecule has 10 heteroatoms. The number of azide groups is 1. The molecule has 0 aliphatic carbocycles. The van der Waals surface area contributed by atoms with E-state index in [4.69, 9.17) is 9.95 Å². The Kier molecular flexibility index (Phi) is 3.56. The summed E-state index contributed by atoms with van der Waals surface area (Å²) in [4.78, 5) is 15.8. The van der Waals surface area contributed by atoms with Gasteiger partial charge < -0.3 is 4.42 Å². The van der Waals surface area contributed by atoms with Gasteiger partial charge in [-0.3, -0.25) is 4.98 Å². The van der Waals surface area contributed by atoms with Crippen LogP contribution in [-0.4, -0.2) is 26.5 Å². The molecule has 0 aliphatic heterocycles. The number of benzene rings is 1. The second-order valence-electron chi connectivity index (χ2n) is 3.52. The van der Waals surface area contributed by atoms with Gasteiger partial charge in [0.05, 0.1) is 10.4 Å². The van der Waals surface area contributed by atoms with E-state index in [0.717, 1.165) is 0 Å². The highest BCUT2D eigenvalue weighted by Crippen LogP contribution is 2.16. The van der Waals surface area contributed by atoms with Gasteiger partial charge in [0.15, 0.2) is 5.58 Å². The Balaban J connectivity index is 2.26. The summed E-state index contributed by atoms with van der Waals surface area (Å²) >= 11 is 0. The molecule has 100 valence electrons. The Bertz CT molecular complexity index is 799. The molecule has 2 N–H and O–H groups in total. The molecule has 0 atom stereocenters. The summed E-state index contributed by atoms with van der Waals surface area (Å²) in [5.41, 5.74) is 8.64. The molecular weight excluding hydrogens is 274 g/mol. The fraction of sp³-hybridized carbons (Fsp3) is 0.222. The maximum absolute atomic E-state index is 11.9. The molecule has 1 aromatic carbocycles. The van der Waals surface area contributed by atoms with Crippen molar-refractivity contribution in [1.82, 2.24) is 9.71 Å². The molecule has 2 aromatic rings. The van der Waals surface area contributed by atoms with Crippen molar-refractivity contribution >= 4 is 21.1 Å². The lowest BCUT2D eigenvalue weighted by Gasteiger charge is -2.04. The van der Waals surface area contributed by atoms with Crippen molar-refractivity contribution < 1.29 is 12.8 Å². The number of hydrogen-bond acceptors (Lipinski definition) is 5. The number of hydrogen-bond donors (Lipinski definition) is 2. The molecule has 0 radical (unpaired) electrons. The van der Waals surface area contributed by atoms with Crippen molar-refractivity contribution in [3.63, 3.8) is 0 Å². The van der Waals surface area contributed by atoms with E-state index >= 15 is 0 Å². The third kappa shape index (κ3) is 2.94. The minimum absolute atomic E-state index is 0.0111. The van der Waals surface area contributed by atoms with E-state index in [9.17, 15) is 13.2 Å². The van der Waals surface area contributed by atoms with Gasteiger partial charge in [-0.1, -0.05) is 5.11 Å². The van der Waals surface area contributed by atoms with Crippen LogP contribution in [-0.2, 0) is 10.0 Å². The largest absolute Gasteiger partial charge is 0.417 e. The van der Waals surface area contributed by atoms with Crippen LogP contribution in [0.4, 0.5) is 0 Å². The maximum Gasteiger partial charge on any atom is 0.417 e. The van der Waals surface area contributed by atoms with Crippen LogP contribution in [0.2, 0.25) is 0 Å². The third-order valence-electron chi connectivity index (χ3n) is 2.27. The zero-order chi connectivity index (χ0) is 13.9. The fourth-order valence-corrected chi connectivity index (χ4v) is 2.49. The van der Waals surface area contributed by atoms with Crippen LogP contribution in [0.25, 0.3) is 21.5 Å². The van der Waals surface area contributed by atoms with Crippen molar-refractivity contribution in [1.29, 1.82) is 0 Å². The van der Waals surface area contributed by atoms with Crippen LogP contribution in [0, 0.1) is 0 Å². The number of fused-ring (bicyclic) bond motifs is 1. The molecule has 0 amide bonds. The van der Waals surface area contributed by atoms with Crippen molar-refractivity contribution in [3.05, 3.63) is 39.2 Å². The molecule has 1 aromatic heterocycles. The lowest BCUT2D eigenvalue weighted by Crippen LogP contribution is -2.26. The summed E-state index contributed by atoms with van der Waals surface area (Å²) in [7, 11) is -3.73. The van der Waals surface area contributed by atoms with Crippen LogP contribution in [0.5, 0.6) is 0 Å². The quantitative estimate of drug-likeness (QED) is 0.360. The molecule has 1 heterocycles. The van der Waals surface area contributed by atoms with E-state index in [1.165, 1.54) is 18.2 Å². The molecule has 0 aliphatic rings. The number of aromatic amines is 1. The number of oxazole rings is 1. The Morgan fingerprint density at radius 2 is 2.26 bits per heavy atom. The Labute approximate surface area is 106 Å². The number of nitrogens with one attached hydrogen (secondary N) is 2. The van der Waals surface area contributed by atoms with Gasteiger partial charge in [0.1, 0.15) is 0 Å². The van der Waals surface area contributed by atoms with E-state index in [0.29, 0.717) is 5.52 Å². The highest BCUT2D eigenvalue weighted by molar-refractivity contribution is 7.89. The number of sulfonamides is 1. The SMILES string of the molecule is [N-]=[N+]=NCCNS(=O)(=O)c1ccc2[nH]c(=O)oc2c1. The lowest BCUT2D eigenvalue weighted by atomic mass is 10.3. The molecule has 0 unspecified atom stereocenters. The van der Waals surface area contributed by atoms with E-state index in [2.05, 4.69) is 19.7 Å². The summed E-state index contributed by atoms with van der Waals surface area (Å²) in [6.45, 7) is -0.00126. The van der Waals surface area contributed by atoms with Gasteiger partial charge in [0, 0.05) is 24.1 Å². The number of rotatable bonds is 5. The second kappa shape index (κ2) is 5.14. The van der Waals surface area contributed by atoms with Gasteiger partial charge >= 0.3 is 5.76 Å². The summed E-state index contributed by atoms with van der Waals surface area (Å²) in [5, 5.41) is 3.21. The first kappa shape index (κ1) is 13.1. The van der Waals surface area contributed by atoms with Gasteiger partial charge in [-0.15, -0.1) is 0 Å². The van der Waals surface area contributed by atoms with Crippen LogP contribution in [0.15, 0.2) is 37.4 Å². The molecular formula is C9H9N5O4S. The molecule has 0 spiro atoms. The Morgan fingerprint density at radius 1 is 1.47 bits per heavy atom. The normalized spacial score (nSPS) is 11.4. The van der Waals surface area contributed by atoms with E-state index < -0.39 is 15.8 Å². The first-order valence-electron chi connectivity index (χ1n) is 5.16. The molecule has 0 saturated carbocycles. The molecule has 0 fully saturated rings. The highest BCUT2D eigenvalue weighted by atomic mass is 32.2. The second-order valence-corrected chi connectivity index (χ2v) is 5.29. The van der Waals surface area contributed by atoms with E-state index in [1.54, 1.807) is 0 Å². The standard InChI is InChI=1S/C9H9N5O4S/c10-14-11-3-4-12-19(16,17)6-1-2-7-8(5-6)18-9(15)13-7/h1-2,5,12H,3-4H2,(H,13,15). The summed E-state index contributed by atoms with van der Waals surface area (Å²) < 4.78 is 30.8. The van der Waals surface area contributed by atoms with Crippen molar-refractivity contribution in [2.75, 3.05) is 13.1 Å². The first-order chi connectivity index (χ1) is 9.03. The molecule has 2 rings (SSSR count). The molecule has 19 heavy (non-hydrogen) atoms. The van der Waals surface area contributed by atoms with Gasteiger partial charge in [-0.2, -0.15) is 0 Å². The van der Waals surface area contributed by atoms with E-state index in [1.807, 2.05) is 0 Å². The maximum atomic E-state index is 11.9. The molecule has 9 nitrogen and oxygen atoms in total. The van der Waals surface area contributed by atoms with Gasteiger partial charge in [0.2, 0.25) is 10.0 Å². The van der Waals surface area contributed by atoms with Gasteiger partial charge in [0.25, 0.3) is 0 Å². The average molecular weight is 283 g/mol. The molecule has 0 bridgehead atoms. The first-order valence-corrected chi connectivity index (χ1v) is 6.64. The number of aromatic nitrogens is 1. The third-order valence-corrected chi connectivity index (χ3v) is 3.73. The monoisotopic (exact) mass is 283 g/mol. The van der Waals surface area contributed by atoms with E-state index in [-0.39, 0.29) is 23.6 Å². The van der Waals surface area contributed by atoms with Crippen molar-refractivity contribution in [2.45, 2.75) is 4.90 Å². The lowest BCUT2D eigenvalue weighted by molar-refractivity contribution is 0.553. The van der Waals surface area contributed by atoms with Crippen LogP contribution >= 0.6 is 0 Å². The minimum atomic E-state index is -3.73. The topological polar surface area (TPSA) is 141 Å². The van der Waals surface area contributed by atoms with Crippen LogP contribution < -0.4 is 10.5 Å². The summed E-state index contributed by atoms with van der Waals surface area (Å²) in [5.74, 6) is -0.652. The Hall–Kier alpha value is -2.29. The van der Waals surface area contributed by atoms with Crippen molar-refractivity contribution in [2.24, 2.45) is 5.11 Å². The average Bonchev–Trinajstić information content (AvgIpc) is 2.73. The zero-order valence-electron chi connectivity index (χ0n) is 9.53. The van der Waals surface area contributed by atoms with Crippen molar-refractivity contribution in [3.8, 4) is 0 Å². The fourth-order valence-electron chi connectivity index (χ4n) is 1.45. The predicted molar refractivity (Wildman–Crippen MR) is 66.0 cm³/mol. The highest BCUT2D eigenvalue weighted by Gasteiger charge is 2.15. The van der Waals surface area contributed by atoms with Gasteiger partial charge in [-0.25, -0.2) is 17.9 Å². The predicted octanol–water partition coefficient (Wildman–Crippen LogP) is 0.710. The van der Waals surface area contributed by atoms with Crippen LogP contribution in [0.1, 0.15) is 0 Å². The van der Waals surface area contributed by atoms with Gasteiger partial charge in [-0.05, 0) is 17.7 Å². The summed E-state index contributed by atoms with van der Waals surface area (Å²) in [6, 6.07) is 4.01. The minimum Gasteiger partial charge on any atom is -0.408 e. The smallest absolute Gasteiger partial charge is 0.408 e. The molecule has 0 saturated heterocycles. The zero-order valence-corrected chi connectivity index (χ0v) is 10.3. The van der Waals surface area contributed by atoms with Crippen LogP contribution in [0.3, 0.4) is 0 Å². The summed E-state index contributed by atoms with van der Waals surface area (Å²) in [6.07, 6.45) is 0. The number of nitrogens with zero attached hydrogens (tertiary/aromatic N) is 3. The number of H-pyrrole nitrogens is 1.